The van der Waals surface area contributed by atoms with E-state index in [0.29, 0.717) is 28.4 Å². The molecule has 0 saturated heterocycles. The van der Waals surface area contributed by atoms with Gasteiger partial charge >= 0.3 is 0 Å². The predicted octanol–water partition coefficient (Wildman–Crippen LogP) is 4.09. The number of ether oxygens (including phenoxy) is 1. The molecule has 0 radical (unpaired) electrons. The number of aromatic nitrogens is 2. The largest absolute Gasteiger partial charge is 0.496 e. The number of benzene rings is 3. The highest BCUT2D eigenvalue weighted by atomic mass is 32.2. The maximum absolute atomic E-state index is 13.2. The Labute approximate surface area is 198 Å². The minimum Gasteiger partial charge on any atom is -0.496 e. The third-order valence-corrected chi connectivity index (χ3v) is 5.99. The Bertz CT molecular complexity index is 1420. The van der Waals surface area contributed by atoms with Crippen molar-refractivity contribution in [2.75, 3.05) is 18.2 Å². The molecule has 1 N–H and O–H groups in total. The Hall–Kier alpha value is -4.18. The molecule has 10 heteroatoms. The van der Waals surface area contributed by atoms with E-state index in [4.69, 9.17) is 4.74 Å². The number of nitrogens with zero attached hydrogens (tertiary/aromatic N) is 3. The van der Waals surface area contributed by atoms with Crippen molar-refractivity contribution in [1.29, 1.82) is 0 Å². The van der Waals surface area contributed by atoms with Crippen LogP contribution in [0.15, 0.2) is 82.7 Å². The van der Waals surface area contributed by atoms with Crippen molar-refractivity contribution in [2.24, 2.45) is 0 Å². The van der Waals surface area contributed by atoms with Crippen molar-refractivity contribution in [3.8, 4) is 5.75 Å². The maximum Gasteiger partial charge on any atom is 0.296 e. The Morgan fingerprint density at radius 2 is 1.85 bits per heavy atom. The summed E-state index contributed by atoms with van der Waals surface area (Å²) in [6, 6.07) is 20.7. The normalized spacial score (nSPS) is 10.7. The molecule has 9 nitrogen and oxygen atoms in total. The fourth-order valence-corrected chi connectivity index (χ4v) is 4.17. The molecule has 1 amide bonds. The first-order valence-electron chi connectivity index (χ1n) is 10.2. The van der Waals surface area contributed by atoms with Gasteiger partial charge in [0.15, 0.2) is 5.16 Å². The lowest BCUT2D eigenvalue weighted by Crippen LogP contribution is -2.25. The Balaban J connectivity index is 1.59. The third kappa shape index (κ3) is 5.07. The molecule has 0 unspecified atom stereocenters. The van der Waals surface area contributed by atoms with Gasteiger partial charge in [-0.25, -0.2) is 4.98 Å². The van der Waals surface area contributed by atoms with Crippen LogP contribution in [0.25, 0.3) is 10.9 Å². The van der Waals surface area contributed by atoms with E-state index in [1.165, 1.54) is 29.9 Å². The highest BCUT2D eigenvalue weighted by molar-refractivity contribution is 7.99. The van der Waals surface area contributed by atoms with Gasteiger partial charge in [-0.2, -0.15) is 0 Å². The van der Waals surface area contributed by atoms with E-state index >= 15 is 0 Å². The molecule has 0 aliphatic carbocycles. The van der Waals surface area contributed by atoms with Gasteiger partial charge in [-0.05, 0) is 29.8 Å². The van der Waals surface area contributed by atoms with Crippen LogP contribution in [0.3, 0.4) is 0 Å². The monoisotopic (exact) mass is 476 g/mol. The average Bonchev–Trinajstić information content (AvgIpc) is 2.85. The molecule has 4 aromatic rings. The molecule has 0 spiro atoms. The van der Waals surface area contributed by atoms with Crippen LogP contribution in [0.1, 0.15) is 5.56 Å². The number of anilines is 1. The molecule has 3 aromatic carbocycles. The van der Waals surface area contributed by atoms with Crippen LogP contribution in [-0.4, -0.2) is 33.2 Å². The van der Waals surface area contributed by atoms with Gasteiger partial charge in [0, 0.05) is 0 Å². The first-order valence-corrected chi connectivity index (χ1v) is 11.2. The highest BCUT2D eigenvalue weighted by Crippen LogP contribution is 2.29. The van der Waals surface area contributed by atoms with Gasteiger partial charge in [0.1, 0.15) is 11.4 Å². The van der Waals surface area contributed by atoms with Crippen LogP contribution < -0.4 is 15.6 Å². The fourth-order valence-electron chi connectivity index (χ4n) is 3.37. The molecule has 4 rings (SSSR count). The van der Waals surface area contributed by atoms with Gasteiger partial charge in [-0.15, -0.1) is 0 Å². The maximum atomic E-state index is 13.2. The topological polar surface area (TPSA) is 116 Å². The lowest BCUT2D eigenvalue weighted by molar-refractivity contribution is -0.384. The van der Waals surface area contributed by atoms with E-state index < -0.39 is 10.8 Å². The van der Waals surface area contributed by atoms with Crippen molar-refractivity contribution in [3.05, 3.63) is 98.8 Å². The molecule has 0 aliphatic heterocycles. The lowest BCUT2D eigenvalue weighted by atomic mass is 10.2. The van der Waals surface area contributed by atoms with Crippen LogP contribution in [0.4, 0.5) is 11.4 Å². The molecule has 0 aliphatic rings. The Kier molecular flexibility index (Phi) is 6.88. The van der Waals surface area contributed by atoms with Crippen LogP contribution in [0.5, 0.6) is 5.75 Å². The number of para-hydroxylation sites is 1. The molecule has 0 bridgehead atoms. The minimum absolute atomic E-state index is 0.0598. The second-order valence-electron chi connectivity index (χ2n) is 7.27. The van der Waals surface area contributed by atoms with E-state index in [0.717, 1.165) is 17.3 Å². The standard InChI is InChI=1S/C24H20N4O5S/c1-33-17-11-12-20(21(13-17)28(31)32)25-22(29)15-34-24-26-19-10-6-5-9-18(19)23(30)27(24)14-16-7-3-2-4-8-16/h2-13H,14-15H2,1H3,(H,25,29). The number of nitrogens with one attached hydrogen (secondary N) is 1. The van der Waals surface area contributed by atoms with Crippen molar-refractivity contribution >= 4 is 39.9 Å². The number of methoxy groups -OCH3 is 1. The fraction of sp³-hybridized carbons (Fsp3) is 0.125. The minimum atomic E-state index is -0.590. The molecular formula is C24H20N4O5S. The summed E-state index contributed by atoms with van der Waals surface area (Å²) in [5, 5.41) is 14.8. The molecule has 0 atom stereocenters. The summed E-state index contributed by atoms with van der Waals surface area (Å²) in [5.74, 6) is -0.251. The van der Waals surface area contributed by atoms with Crippen LogP contribution in [-0.2, 0) is 11.3 Å². The number of fused-ring (bicyclic) bond motifs is 1. The SMILES string of the molecule is COc1ccc(NC(=O)CSc2nc3ccccc3c(=O)n2Cc2ccccc2)c([N+](=O)[O-])c1. The van der Waals surface area contributed by atoms with Crippen LogP contribution in [0.2, 0.25) is 0 Å². The summed E-state index contributed by atoms with van der Waals surface area (Å²) in [6.45, 7) is 0.297. The molecule has 0 saturated carbocycles. The number of carbonyl (C=O) groups excluding carboxylic acids is 1. The second-order valence-corrected chi connectivity index (χ2v) is 8.21. The summed E-state index contributed by atoms with van der Waals surface area (Å²) >= 11 is 1.09. The van der Waals surface area contributed by atoms with Crippen LogP contribution in [0, 0.1) is 10.1 Å². The van der Waals surface area contributed by atoms with Crippen molar-refractivity contribution < 1.29 is 14.5 Å². The summed E-state index contributed by atoms with van der Waals surface area (Å²) in [7, 11) is 1.40. The lowest BCUT2D eigenvalue weighted by Gasteiger charge is -2.13. The molecule has 1 aromatic heterocycles. The number of carbonyl (C=O) groups is 1. The summed E-state index contributed by atoms with van der Waals surface area (Å²) in [4.78, 5) is 41.2. The van der Waals surface area contributed by atoms with E-state index in [-0.39, 0.29) is 22.7 Å². The Morgan fingerprint density at radius 1 is 1.12 bits per heavy atom. The number of rotatable bonds is 8. The van der Waals surface area contributed by atoms with E-state index in [1.807, 2.05) is 30.3 Å². The molecule has 34 heavy (non-hydrogen) atoms. The zero-order valence-electron chi connectivity index (χ0n) is 18.1. The van der Waals surface area contributed by atoms with Gasteiger partial charge in [-0.1, -0.05) is 54.2 Å². The number of hydrogen-bond acceptors (Lipinski definition) is 7. The van der Waals surface area contributed by atoms with Crippen molar-refractivity contribution in [3.63, 3.8) is 0 Å². The number of nitro benzene ring substituents is 1. The molecular weight excluding hydrogens is 456 g/mol. The number of thioether (sulfide) groups is 1. The third-order valence-electron chi connectivity index (χ3n) is 5.02. The first-order chi connectivity index (χ1) is 16.5. The Morgan fingerprint density at radius 3 is 2.59 bits per heavy atom. The quantitative estimate of drug-likeness (QED) is 0.176. The number of nitro groups is 1. The summed E-state index contributed by atoms with van der Waals surface area (Å²) in [5.41, 5.74) is 1.03. The smallest absolute Gasteiger partial charge is 0.296 e. The first kappa shape index (κ1) is 23.0. The zero-order valence-corrected chi connectivity index (χ0v) is 19.0. The second kappa shape index (κ2) is 10.2. The summed E-state index contributed by atoms with van der Waals surface area (Å²) < 4.78 is 6.55. The van der Waals surface area contributed by atoms with E-state index in [2.05, 4.69) is 10.3 Å². The zero-order chi connectivity index (χ0) is 24.1. The van der Waals surface area contributed by atoms with Gasteiger partial charge in [-0.3, -0.25) is 24.3 Å². The molecule has 1 heterocycles. The summed E-state index contributed by atoms with van der Waals surface area (Å²) in [6.07, 6.45) is 0. The van der Waals surface area contributed by atoms with E-state index in [1.54, 1.807) is 24.3 Å². The van der Waals surface area contributed by atoms with Gasteiger partial charge in [0.25, 0.3) is 11.2 Å². The number of hydrogen-bond donors (Lipinski definition) is 1. The van der Waals surface area contributed by atoms with Crippen molar-refractivity contribution in [1.82, 2.24) is 9.55 Å². The van der Waals surface area contributed by atoms with Crippen molar-refractivity contribution in [2.45, 2.75) is 11.7 Å². The van der Waals surface area contributed by atoms with Crippen LogP contribution >= 0.6 is 11.8 Å². The molecule has 172 valence electrons. The average molecular weight is 477 g/mol. The predicted molar refractivity (Wildman–Crippen MR) is 131 cm³/mol. The van der Waals surface area contributed by atoms with E-state index in [9.17, 15) is 19.7 Å². The number of amides is 1. The van der Waals surface area contributed by atoms with Gasteiger partial charge in [0.2, 0.25) is 5.91 Å². The van der Waals surface area contributed by atoms with Gasteiger partial charge in [0.05, 0.1) is 41.3 Å². The van der Waals surface area contributed by atoms with Gasteiger partial charge < -0.3 is 10.1 Å². The molecule has 0 fully saturated rings. The highest BCUT2D eigenvalue weighted by Gasteiger charge is 2.19.